The quantitative estimate of drug-likeness (QED) is 0.854. The summed E-state index contributed by atoms with van der Waals surface area (Å²) in [6, 6.07) is 0. The Labute approximate surface area is 101 Å². The molecule has 3 nitrogen and oxygen atoms in total. The van der Waals surface area contributed by atoms with Gasteiger partial charge in [0.05, 0.1) is 18.4 Å². The lowest BCUT2D eigenvalue weighted by atomic mass is 9.92. The van der Waals surface area contributed by atoms with Crippen LogP contribution in [0, 0.1) is 5.51 Å². The molecule has 1 atom stereocenters. The molecule has 1 aromatic heterocycles. The van der Waals surface area contributed by atoms with Crippen molar-refractivity contribution < 1.29 is 4.74 Å². The van der Waals surface area contributed by atoms with Crippen LogP contribution in [0.3, 0.4) is 0 Å². The van der Waals surface area contributed by atoms with E-state index in [-0.39, 0.29) is 11.5 Å². The topological polar surface area (TPSA) is 34.2 Å². The Morgan fingerprint density at radius 2 is 2.38 bits per heavy atom. The molecule has 1 aliphatic heterocycles. The second-order valence-electron chi connectivity index (χ2n) is 5.23. The van der Waals surface area contributed by atoms with Crippen LogP contribution in [0.2, 0.25) is 0 Å². The van der Waals surface area contributed by atoms with E-state index in [2.05, 4.69) is 36.6 Å². The lowest BCUT2D eigenvalue weighted by Gasteiger charge is -2.25. The molecule has 1 unspecified atom stereocenters. The highest BCUT2D eigenvalue weighted by atomic mass is 32.1. The van der Waals surface area contributed by atoms with Gasteiger partial charge in [0.25, 0.3) is 0 Å². The molecule has 0 aliphatic carbocycles. The van der Waals surface area contributed by atoms with Gasteiger partial charge in [-0.15, -0.1) is 11.3 Å². The van der Waals surface area contributed by atoms with Gasteiger partial charge in [-0.25, -0.2) is 4.98 Å². The van der Waals surface area contributed by atoms with Crippen LogP contribution in [0.4, 0.5) is 0 Å². The van der Waals surface area contributed by atoms with Crippen LogP contribution < -0.4 is 5.32 Å². The average molecular weight is 239 g/mol. The van der Waals surface area contributed by atoms with E-state index < -0.39 is 0 Å². The molecular formula is C12H19N2OS. The van der Waals surface area contributed by atoms with E-state index in [1.54, 1.807) is 11.3 Å². The molecule has 1 saturated heterocycles. The van der Waals surface area contributed by atoms with Gasteiger partial charge in [-0.05, 0) is 5.41 Å². The monoisotopic (exact) mass is 239 g/mol. The summed E-state index contributed by atoms with van der Waals surface area (Å²) in [6.07, 6.45) is 1.17. The van der Waals surface area contributed by atoms with Crippen molar-refractivity contribution in [3.8, 4) is 0 Å². The van der Waals surface area contributed by atoms with Gasteiger partial charge in [-0.2, -0.15) is 0 Å². The zero-order valence-corrected chi connectivity index (χ0v) is 11.0. The fourth-order valence-corrected chi connectivity index (χ4v) is 2.72. The first-order valence-corrected chi connectivity index (χ1v) is 6.57. The summed E-state index contributed by atoms with van der Waals surface area (Å²) in [5.74, 6) is 0. The van der Waals surface area contributed by atoms with E-state index in [0.717, 1.165) is 31.8 Å². The molecule has 2 rings (SSSR count). The van der Waals surface area contributed by atoms with Crippen LogP contribution in [0.15, 0.2) is 0 Å². The zero-order valence-electron chi connectivity index (χ0n) is 10.2. The predicted molar refractivity (Wildman–Crippen MR) is 66.0 cm³/mol. The van der Waals surface area contributed by atoms with Crippen LogP contribution in [-0.4, -0.2) is 30.8 Å². The normalized spacial score (nSPS) is 22.3. The molecule has 1 fully saturated rings. The first-order valence-electron chi connectivity index (χ1n) is 5.76. The Balaban J connectivity index is 2.06. The molecule has 0 saturated carbocycles. The van der Waals surface area contributed by atoms with Crippen molar-refractivity contribution >= 4 is 11.3 Å². The lowest BCUT2D eigenvalue weighted by Crippen LogP contribution is -2.39. The molecule has 1 aliphatic rings. The largest absolute Gasteiger partial charge is 0.375 e. The van der Waals surface area contributed by atoms with E-state index in [4.69, 9.17) is 4.74 Å². The van der Waals surface area contributed by atoms with Crippen molar-refractivity contribution in [3.63, 3.8) is 0 Å². The van der Waals surface area contributed by atoms with Gasteiger partial charge >= 0.3 is 0 Å². The number of hydrogen-bond donors (Lipinski definition) is 1. The second-order valence-corrected chi connectivity index (χ2v) is 6.03. The number of morpholine rings is 1. The number of hydrogen-bond acceptors (Lipinski definition) is 4. The minimum atomic E-state index is 0.162. The van der Waals surface area contributed by atoms with Gasteiger partial charge in [0.1, 0.15) is 0 Å². The number of nitrogens with one attached hydrogen (secondary N) is 1. The van der Waals surface area contributed by atoms with Crippen LogP contribution in [0.5, 0.6) is 0 Å². The fourth-order valence-electron chi connectivity index (χ4n) is 1.92. The number of nitrogens with zero attached hydrogens (tertiary/aromatic N) is 1. The third-order valence-electron chi connectivity index (χ3n) is 2.70. The van der Waals surface area contributed by atoms with Gasteiger partial charge in [0, 0.05) is 24.4 Å². The Hall–Kier alpha value is -0.450. The van der Waals surface area contributed by atoms with Gasteiger partial charge in [-0.1, -0.05) is 20.8 Å². The number of thiazole rings is 1. The fraction of sp³-hybridized carbons (Fsp3) is 0.750. The van der Waals surface area contributed by atoms with Crippen LogP contribution >= 0.6 is 11.3 Å². The maximum atomic E-state index is 5.71. The molecule has 89 valence electrons. The first-order chi connectivity index (χ1) is 7.57. The predicted octanol–water partition coefficient (Wildman–Crippen LogP) is 1.77. The minimum absolute atomic E-state index is 0.162. The van der Waals surface area contributed by atoms with Crippen LogP contribution in [0.1, 0.15) is 31.3 Å². The van der Waals surface area contributed by atoms with Crippen molar-refractivity contribution in [1.29, 1.82) is 0 Å². The van der Waals surface area contributed by atoms with Crippen molar-refractivity contribution in [2.24, 2.45) is 0 Å². The molecular weight excluding hydrogens is 220 g/mol. The van der Waals surface area contributed by atoms with Gasteiger partial charge < -0.3 is 10.1 Å². The first kappa shape index (κ1) is 12.0. The van der Waals surface area contributed by atoms with Gasteiger partial charge in [0.15, 0.2) is 5.51 Å². The number of rotatable bonds is 2. The molecule has 0 spiro atoms. The van der Waals surface area contributed by atoms with E-state index in [0.29, 0.717) is 0 Å². The molecule has 16 heavy (non-hydrogen) atoms. The van der Waals surface area contributed by atoms with Crippen LogP contribution in [0.25, 0.3) is 0 Å². The zero-order chi connectivity index (χ0) is 11.6. The van der Waals surface area contributed by atoms with Crippen molar-refractivity contribution in [3.05, 3.63) is 16.1 Å². The molecule has 0 bridgehead atoms. The van der Waals surface area contributed by atoms with E-state index >= 15 is 0 Å². The van der Waals surface area contributed by atoms with Crippen molar-refractivity contribution in [2.75, 3.05) is 19.7 Å². The highest BCUT2D eigenvalue weighted by molar-refractivity contribution is 7.09. The smallest absolute Gasteiger partial charge is 0.152 e. The Morgan fingerprint density at radius 1 is 1.56 bits per heavy atom. The summed E-state index contributed by atoms with van der Waals surface area (Å²) in [4.78, 5) is 5.70. The molecule has 1 N–H and O–H groups in total. The summed E-state index contributed by atoms with van der Waals surface area (Å²) in [6.45, 7) is 9.36. The molecule has 1 radical (unpaired) electrons. The number of aromatic nitrogens is 1. The summed E-state index contributed by atoms with van der Waals surface area (Å²) < 4.78 is 5.71. The standard InChI is InChI=1S/C12H19N2OS/c1-12(2,3)11-10(14-8-16-11)6-9-7-13-4-5-15-9/h9,13H,4-7H2,1-3H3. The Kier molecular flexibility index (Phi) is 3.62. The van der Waals surface area contributed by atoms with E-state index in [9.17, 15) is 0 Å². The highest BCUT2D eigenvalue weighted by Gasteiger charge is 2.24. The second kappa shape index (κ2) is 4.82. The summed E-state index contributed by atoms with van der Waals surface area (Å²) in [5.41, 5.74) is 4.33. The molecule has 1 aromatic rings. The molecule has 4 heteroatoms. The highest BCUT2D eigenvalue weighted by Crippen LogP contribution is 2.29. The van der Waals surface area contributed by atoms with Crippen molar-refractivity contribution in [1.82, 2.24) is 10.3 Å². The summed E-state index contributed by atoms with van der Waals surface area (Å²) >= 11 is 1.63. The third kappa shape index (κ3) is 2.81. The van der Waals surface area contributed by atoms with Gasteiger partial charge in [0.2, 0.25) is 0 Å². The third-order valence-corrected chi connectivity index (χ3v) is 3.93. The summed E-state index contributed by atoms with van der Waals surface area (Å²) in [7, 11) is 0. The van der Waals surface area contributed by atoms with Gasteiger partial charge in [-0.3, -0.25) is 0 Å². The molecule has 0 amide bonds. The van der Waals surface area contributed by atoms with Crippen LogP contribution in [-0.2, 0) is 16.6 Å². The molecule has 2 heterocycles. The Morgan fingerprint density at radius 3 is 3.00 bits per heavy atom. The number of ether oxygens (including phenoxy) is 1. The lowest BCUT2D eigenvalue weighted by molar-refractivity contribution is 0.0285. The maximum Gasteiger partial charge on any atom is 0.152 e. The van der Waals surface area contributed by atoms with E-state index in [1.807, 2.05) is 0 Å². The maximum absolute atomic E-state index is 5.71. The minimum Gasteiger partial charge on any atom is -0.375 e. The molecule has 0 aromatic carbocycles. The summed E-state index contributed by atoms with van der Waals surface area (Å²) in [5, 5.41) is 3.35. The van der Waals surface area contributed by atoms with Crippen molar-refractivity contribution in [2.45, 2.75) is 38.7 Å². The average Bonchev–Trinajstić information content (AvgIpc) is 2.67. The SMILES string of the molecule is CC(C)(C)c1s[c]nc1CC1CNCCO1. The Bertz CT molecular complexity index is 337. The van der Waals surface area contributed by atoms with E-state index in [1.165, 1.54) is 4.88 Å².